The van der Waals surface area contributed by atoms with Crippen molar-refractivity contribution in [2.75, 3.05) is 0 Å². The van der Waals surface area contributed by atoms with Crippen LogP contribution >= 0.6 is 0 Å². The van der Waals surface area contributed by atoms with Gasteiger partial charge in [-0.2, -0.15) is 0 Å². The fourth-order valence-electron chi connectivity index (χ4n) is 8.34. The van der Waals surface area contributed by atoms with Gasteiger partial charge in [0.25, 0.3) is 0 Å². The van der Waals surface area contributed by atoms with Gasteiger partial charge < -0.3 is 4.57 Å². The topological polar surface area (TPSA) is 30.7 Å². The van der Waals surface area contributed by atoms with Crippen LogP contribution in [-0.4, -0.2) is 14.5 Å². The SMILES string of the molecule is c1ccc(-c2ccc3c(c2)c2ccccc2n3-c2ccc(-c3cccc(-c4ccc(-c5cnc6c7ccccc7c7ccccc7c6n5)cc4)c3)cc2)cc1. The summed E-state index contributed by atoms with van der Waals surface area (Å²) in [6, 6.07) is 69.6. The summed E-state index contributed by atoms with van der Waals surface area (Å²) in [5.41, 5.74) is 14.5. The van der Waals surface area contributed by atoms with Crippen molar-refractivity contribution in [1.82, 2.24) is 14.5 Å². The lowest BCUT2D eigenvalue weighted by Gasteiger charge is -2.11. The van der Waals surface area contributed by atoms with Crippen molar-refractivity contribution >= 4 is 54.4 Å². The van der Waals surface area contributed by atoms with E-state index in [1.165, 1.54) is 60.4 Å². The number of fused-ring (bicyclic) bond motifs is 9. The molecule has 11 aromatic rings. The molecule has 0 atom stereocenters. The smallest absolute Gasteiger partial charge is 0.0979 e. The summed E-state index contributed by atoms with van der Waals surface area (Å²) in [5.74, 6) is 0. The van der Waals surface area contributed by atoms with Crippen LogP contribution in [0, 0.1) is 0 Å². The van der Waals surface area contributed by atoms with Gasteiger partial charge in [0.15, 0.2) is 0 Å². The molecule has 3 heteroatoms. The van der Waals surface area contributed by atoms with Crippen LogP contribution in [0.3, 0.4) is 0 Å². The third-order valence-electron chi connectivity index (χ3n) is 11.0. The Morgan fingerprint density at radius 1 is 0.309 bits per heavy atom. The summed E-state index contributed by atoms with van der Waals surface area (Å²) in [6.45, 7) is 0. The lowest BCUT2D eigenvalue weighted by atomic mass is 9.97. The zero-order chi connectivity index (χ0) is 36.3. The van der Waals surface area contributed by atoms with E-state index >= 15 is 0 Å². The van der Waals surface area contributed by atoms with Crippen LogP contribution in [0.2, 0.25) is 0 Å². The highest BCUT2D eigenvalue weighted by Gasteiger charge is 2.15. The van der Waals surface area contributed by atoms with Crippen molar-refractivity contribution in [1.29, 1.82) is 0 Å². The van der Waals surface area contributed by atoms with Crippen molar-refractivity contribution in [2.24, 2.45) is 0 Å². The van der Waals surface area contributed by atoms with Gasteiger partial charge in [0, 0.05) is 32.8 Å². The van der Waals surface area contributed by atoms with Crippen molar-refractivity contribution < 1.29 is 0 Å². The van der Waals surface area contributed by atoms with E-state index in [1.54, 1.807) is 0 Å². The molecule has 0 amide bonds. The molecule has 0 saturated carbocycles. The van der Waals surface area contributed by atoms with Crippen LogP contribution in [0.1, 0.15) is 0 Å². The van der Waals surface area contributed by atoms with Crippen molar-refractivity contribution in [3.8, 4) is 50.3 Å². The Hall–Kier alpha value is -7.36. The largest absolute Gasteiger partial charge is 0.309 e. The summed E-state index contributed by atoms with van der Waals surface area (Å²) >= 11 is 0. The lowest BCUT2D eigenvalue weighted by Crippen LogP contribution is -1.93. The number of hydrogen-bond acceptors (Lipinski definition) is 2. The van der Waals surface area contributed by atoms with Gasteiger partial charge in [-0.25, -0.2) is 4.98 Å². The van der Waals surface area contributed by atoms with Gasteiger partial charge in [-0.3, -0.25) is 4.98 Å². The molecule has 0 unspecified atom stereocenters. The lowest BCUT2D eigenvalue weighted by molar-refractivity contribution is 1.18. The summed E-state index contributed by atoms with van der Waals surface area (Å²) in [6.07, 6.45) is 1.91. The number of rotatable bonds is 5. The molecule has 0 aliphatic carbocycles. The molecule has 256 valence electrons. The highest BCUT2D eigenvalue weighted by atomic mass is 15.0. The minimum absolute atomic E-state index is 0.869. The molecular weight excluding hydrogens is 667 g/mol. The second kappa shape index (κ2) is 12.6. The van der Waals surface area contributed by atoms with Gasteiger partial charge in [-0.15, -0.1) is 0 Å². The first-order valence-electron chi connectivity index (χ1n) is 18.7. The summed E-state index contributed by atoms with van der Waals surface area (Å²) < 4.78 is 2.38. The minimum Gasteiger partial charge on any atom is -0.309 e. The Labute approximate surface area is 318 Å². The second-order valence-corrected chi connectivity index (χ2v) is 14.2. The molecule has 11 rings (SSSR count). The van der Waals surface area contributed by atoms with Gasteiger partial charge >= 0.3 is 0 Å². The number of nitrogens with zero attached hydrogens (tertiary/aromatic N) is 3. The highest BCUT2D eigenvalue weighted by Crippen LogP contribution is 2.37. The van der Waals surface area contributed by atoms with Crippen LogP contribution in [-0.2, 0) is 0 Å². The summed E-state index contributed by atoms with van der Waals surface area (Å²) in [5, 5.41) is 7.17. The average Bonchev–Trinajstić information content (AvgIpc) is 3.60. The van der Waals surface area contributed by atoms with Crippen molar-refractivity contribution in [2.45, 2.75) is 0 Å². The van der Waals surface area contributed by atoms with Crippen LogP contribution in [0.4, 0.5) is 0 Å². The zero-order valence-electron chi connectivity index (χ0n) is 29.9. The van der Waals surface area contributed by atoms with E-state index < -0.39 is 0 Å². The zero-order valence-corrected chi connectivity index (χ0v) is 29.9. The first kappa shape index (κ1) is 31.2. The quantitative estimate of drug-likeness (QED) is 0.167. The van der Waals surface area contributed by atoms with E-state index in [1.807, 2.05) is 6.20 Å². The normalized spacial score (nSPS) is 11.6. The Morgan fingerprint density at radius 2 is 0.800 bits per heavy atom. The molecule has 0 N–H and O–H groups in total. The van der Waals surface area contributed by atoms with Crippen LogP contribution in [0.15, 0.2) is 200 Å². The van der Waals surface area contributed by atoms with Crippen molar-refractivity contribution in [3.63, 3.8) is 0 Å². The number of benzene rings is 9. The van der Waals surface area contributed by atoms with E-state index in [2.05, 4.69) is 199 Å². The van der Waals surface area contributed by atoms with E-state index in [0.717, 1.165) is 44.3 Å². The van der Waals surface area contributed by atoms with Crippen LogP contribution < -0.4 is 0 Å². The molecule has 0 spiro atoms. The molecule has 9 aromatic carbocycles. The maximum Gasteiger partial charge on any atom is 0.0979 e. The second-order valence-electron chi connectivity index (χ2n) is 14.2. The number of aromatic nitrogens is 3. The molecule has 3 nitrogen and oxygen atoms in total. The molecule has 0 bridgehead atoms. The third-order valence-corrected chi connectivity index (χ3v) is 11.0. The van der Waals surface area contributed by atoms with Crippen LogP contribution in [0.5, 0.6) is 0 Å². The highest BCUT2D eigenvalue weighted by molar-refractivity contribution is 6.23. The van der Waals surface area contributed by atoms with E-state index in [-0.39, 0.29) is 0 Å². The molecule has 55 heavy (non-hydrogen) atoms. The number of para-hydroxylation sites is 1. The van der Waals surface area contributed by atoms with Gasteiger partial charge in [0.05, 0.1) is 34.0 Å². The summed E-state index contributed by atoms with van der Waals surface area (Å²) in [4.78, 5) is 10.2. The molecule has 2 aromatic heterocycles. The molecule has 0 radical (unpaired) electrons. The molecule has 0 fully saturated rings. The van der Waals surface area contributed by atoms with Crippen LogP contribution in [0.25, 0.3) is 105 Å². The first-order chi connectivity index (χ1) is 27.3. The predicted octanol–water partition coefficient (Wildman–Crippen LogP) is 13.7. The fourth-order valence-corrected chi connectivity index (χ4v) is 8.34. The maximum absolute atomic E-state index is 5.19. The predicted molar refractivity (Wildman–Crippen MR) is 231 cm³/mol. The fraction of sp³-hybridized carbons (Fsp3) is 0. The van der Waals surface area contributed by atoms with Crippen molar-refractivity contribution in [3.05, 3.63) is 200 Å². The molecule has 0 aliphatic heterocycles. The average molecular weight is 700 g/mol. The molecular formula is C52H33N3. The van der Waals surface area contributed by atoms with Gasteiger partial charge in [0.1, 0.15) is 0 Å². The van der Waals surface area contributed by atoms with E-state index in [9.17, 15) is 0 Å². The van der Waals surface area contributed by atoms with Gasteiger partial charge in [0.2, 0.25) is 0 Å². The Bertz CT molecular complexity index is 3200. The molecule has 0 aliphatic rings. The standard InChI is InChI=1S/C52H33N3/c1-2-11-34(12-3-1)40-27-30-50-47(32-40)44-17-8-9-20-49(44)55(50)41-28-25-36(26-29-41)39-14-10-13-38(31-39)35-21-23-37(24-22-35)48-33-53-51-45-18-6-4-15-42(45)43-16-5-7-19-46(43)52(51)54-48/h1-33H. The summed E-state index contributed by atoms with van der Waals surface area (Å²) in [7, 11) is 0. The van der Waals surface area contributed by atoms with E-state index in [4.69, 9.17) is 9.97 Å². The van der Waals surface area contributed by atoms with E-state index in [0.29, 0.717) is 0 Å². The van der Waals surface area contributed by atoms with Gasteiger partial charge in [-0.1, -0.05) is 158 Å². The monoisotopic (exact) mass is 699 g/mol. The maximum atomic E-state index is 5.19. The van der Waals surface area contributed by atoms with Gasteiger partial charge in [-0.05, 0) is 80.6 Å². The first-order valence-corrected chi connectivity index (χ1v) is 18.7. The molecule has 2 heterocycles. The minimum atomic E-state index is 0.869. The Balaban J connectivity index is 0.909. The number of hydrogen-bond donors (Lipinski definition) is 0. The third kappa shape index (κ3) is 5.20. The Morgan fingerprint density at radius 3 is 1.51 bits per heavy atom. The Kier molecular flexibility index (Phi) is 7.17. The molecule has 0 saturated heterocycles.